The van der Waals surface area contributed by atoms with E-state index in [2.05, 4.69) is 31.1 Å². The predicted octanol–water partition coefficient (Wildman–Crippen LogP) is 5.08. The van der Waals surface area contributed by atoms with Crippen molar-refractivity contribution in [2.75, 3.05) is 0 Å². The zero-order chi connectivity index (χ0) is 21.1. The van der Waals surface area contributed by atoms with Gasteiger partial charge in [0, 0.05) is 24.6 Å². The third-order valence-corrected chi connectivity index (χ3v) is 10.5. The van der Waals surface area contributed by atoms with Crippen molar-refractivity contribution in [3.63, 3.8) is 0 Å². The van der Waals surface area contributed by atoms with E-state index in [1.165, 1.54) is 24.6 Å². The molecule has 1 aliphatic heterocycles. The highest BCUT2D eigenvalue weighted by atomic mass is 32.2. The number of aromatic nitrogens is 1. The highest BCUT2D eigenvalue weighted by molar-refractivity contribution is 8.13. The molecule has 3 saturated carbocycles. The fourth-order valence-electron chi connectivity index (χ4n) is 8.02. The third-order valence-electron chi connectivity index (χ3n) is 9.59. The Morgan fingerprint density at radius 1 is 1.13 bits per heavy atom. The molecule has 0 spiro atoms. The van der Waals surface area contributed by atoms with Gasteiger partial charge in [0.25, 0.3) is 0 Å². The average Bonchev–Trinajstić information content (AvgIpc) is 3.07. The van der Waals surface area contributed by atoms with E-state index in [1.807, 2.05) is 18.2 Å². The van der Waals surface area contributed by atoms with Crippen molar-refractivity contribution in [1.82, 2.24) is 10.3 Å². The van der Waals surface area contributed by atoms with Crippen LogP contribution in [0.4, 0.5) is 0 Å². The summed E-state index contributed by atoms with van der Waals surface area (Å²) < 4.78 is 0. The molecule has 1 amide bonds. The minimum atomic E-state index is 0.107. The van der Waals surface area contributed by atoms with Gasteiger partial charge in [0.15, 0.2) is 5.12 Å². The lowest BCUT2D eigenvalue weighted by Gasteiger charge is -2.62. The summed E-state index contributed by atoms with van der Waals surface area (Å²) in [4.78, 5) is 29.8. The number of nitrogens with one attached hydrogen (secondary N) is 1. The van der Waals surface area contributed by atoms with Gasteiger partial charge in [-0.05, 0) is 96.9 Å². The van der Waals surface area contributed by atoms with Gasteiger partial charge in [-0.25, -0.2) is 4.98 Å². The van der Waals surface area contributed by atoms with Gasteiger partial charge in [0.1, 0.15) is 5.03 Å². The van der Waals surface area contributed by atoms with Crippen LogP contribution in [0, 0.1) is 40.4 Å². The van der Waals surface area contributed by atoms with Gasteiger partial charge in [0.2, 0.25) is 5.91 Å². The SMILES string of the molecule is CC1CC2NC(=O)CCC2(C)C2CCC3(C)C(CC[C@@H]3C(=O)Sc3ccccn3)C12. The van der Waals surface area contributed by atoms with E-state index in [9.17, 15) is 9.59 Å². The Kier molecular flexibility index (Phi) is 5.04. The highest BCUT2D eigenvalue weighted by Gasteiger charge is 2.62. The molecule has 30 heavy (non-hydrogen) atoms. The lowest BCUT2D eigenvalue weighted by atomic mass is 9.45. The van der Waals surface area contributed by atoms with Crippen LogP contribution in [-0.4, -0.2) is 22.0 Å². The lowest BCUT2D eigenvalue weighted by molar-refractivity contribution is -0.145. The maximum atomic E-state index is 13.3. The summed E-state index contributed by atoms with van der Waals surface area (Å²) in [5.74, 6) is 2.95. The van der Waals surface area contributed by atoms with Crippen molar-refractivity contribution in [3.05, 3.63) is 24.4 Å². The molecule has 5 rings (SSSR count). The quantitative estimate of drug-likeness (QED) is 0.670. The second-order valence-corrected chi connectivity index (χ2v) is 11.9. The molecule has 3 aliphatic carbocycles. The van der Waals surface area contributed by atoms with Crippen molar-refractivity contribution in [1.29, 1.82) is 0 Å². The first-order valence-corrected chi connectivity index (χ1v) is 12.6. The molecule has 0 radical (unpaired) electrons. The molecule has 2 heterocycles. The minimum absolute atomic E-state index is 0.107. The van der Waals surface area contributed by atoms with E-state index in [0.717, 1.165) is 30.7 Å². The Morgan fingerprint density at radius 3 is 2.70 bits per heavy atom. The van der Waals surface area contributed by atoms with Gasteiger partial charge in [-0.15, -0.1) is 0 Å². The number of hydrogen-bond donors (Lipinski definition) is 1. The first-order valence-electron chi connectivity index (χ1n) is 11.7. The third kappa shape index (κ3) is 3.06. The van der Waals surface area contributed by atoms with Gasteiger partial charge in [-0.3, -0.25) is 9.59 Å². The zero-order valence-corrected chi connectivity index (χ0v) is 19.2. The number of rotatable bonds is 2. The van der Waals surface area contributed by atoms with E-state index in [-0.39, 0.29) is 22.7 Å². The van der Waals surface area contributed by atoms with E-state index < -0.39 is 0 Å². The van der Waals surface area contributed by atoms with Crippen molar-refractivity contribution >= 4 is 22.8 Å². The molecule has 4 aliphatic rings. The molecule has 1 N–H and O–H groups in total. The molecular weight excluding hydrogens is 392 g/mol. The number of hydrogen-bond acceptors (Lipinski definition) is 4. The summed E-state index contributed by atoms with van der Waals surface area (Å²) in [7, 11) is 0. The largest absolute Gasteiger partial charge is 0.353 e. The van der Waals surface area contributed by atoms with E-state index in [1.54, 1.807) is 6.20 Å². The first-order chi connectivity index (χ1) is 14.3. The van der Waals surface area contributed by atoms with Crippen LogP contribution in [-0.2, 0) is 9.59 Å². The molecule has 4 nitrogen and oxygen atoms in total. The summed E-state index contributed by atoms with van der Waals surface area (Å²) >= 11 is 1.35. The molecule has 1 saturated heterocycles. The summed E-state index contributed by atoms with van der Waals surface area (Å²) in [5, 5.41) is 4.48. The van der Waals surface area contributed by atoms with Gasteiger partial charge in [0.05, 0.1) is 0 Å². The van der Waals surface area contributed by atoms with Crippen LogP contribution in [0.5, 0.6) is 0 Å². The Labute approximate surface area is 184 Å². The number of fused-ring (bicyclic) bond motifs is 5. The molecule has 1 aromatic heterocycles. The standard InChI is InChI=1S/C25H34N2O2S/c1-15-14-19-25(3,12-10-20(28)27-19)17-9-11-24(2)16(22(15)17)7-8-18(24)23(29)30-21-6-4-5-13-26-21/h4-6,13,15-19,22H,7-12,14H2,1-3H3,(H,27,28)/t15?,16?,17?,18-,19?,22?,24?,25?/m1/s1. The predicted molar refractivity (Wildman–Crippen MR) is 119 cm³/mol. The van der Waals surface area contributed by atoms with Crippen LogP contribution in [0.2, 0.25) is 0 Å². The Hall–Kier alpha value is -1.36. The van der Waals surface area contributed by atoms with Crippen LogP contribution in [0.1, 0.15) is 65.7 Å². The molecule has 1 aromatic rings. The second kappa shape index (κ2) is 7.36. The van der Waals surface area contributed by atoms with Gasteiger partial charge in [-0.2, -0.15) is 0 Å². The van der Waals surface area contributed by atoms with Gasteiger partial charge < -0.3 is 5.32 Å². The maximum Gasteiger partial charge on any atom is 0.220 e. The number of carbonyl (C=O) groups is 2. The summed E-state index contributed by atoms with van der Waals surface area (Å²) in [6.07, 6.45) is 9.10. The molecule has 4 fully saturated rings. The highest BCUT2D eigenvalue weighted by Crippen LogP contribution is 2.67. The minimum Gasteiger partial charge on any atom is -0.353 e. The molecule has 162 valence electrons. The molecule has 0 bridgehead atoms. The fourth-order valence-corrected chi connectivity index (χ4v) is 9.01. The van der Waals surface area contributed by atoms with Gasteiger partial charge >= 0.3 is 0 Å². The van der Waals surface area contributed by atoms with Crippen molar-refractivity contribution < 1.29 is 9.59 Å². The fraction of sp³-hybridized carbons (Fsp3) is 0.720. The number of pyridine rings is 1. The second-order valence-electron chi connectivity index (χ2n) is 10.9. The monoisotopic (exact) mass is 426 g/mol. The Morgan fingerprint density at radius 2 is 1.93 bits per heavy atom. The van der Waals surface area contributed by atoms with Crippen molar-refractivity contribution in [2.24, 2.45) is 40.4 Å². The lowest BCUT2D eigenvalue weighted by Crippen LogP contribution is -2.63. The smallest absolute Gasteiger partial charge is 0.220 e. The summed E-state index contributed by atoms with van der Waals surface area (Å²) in [6.45, 7) is 7.26. The van der Waals surface area contributed by atoms with E-state index >= 15 is 0 Å². The van der Waals surface area contributed by atoms with Crippen LogP contribution in [0.15, 0.2) is 29.4 Å². The number of piperidine rings is 1. The van der Waals surface area contributed by atoms with E-state index in [4.69, 9.17) is 0 Å². The summed E-state index contributed by atoms with van der Waals surface area (Å²) in [6, 6.07) is 6.12. The van der Waals surface area contributed by atoms with Crippen molar-refractivity contribution in [2.45, 2.75) is 76.8 Å². The van der Waals surface area contributed by atoms with Crippen molar-refractivity contribution in [3.8, 4) is 0 Å². The Balaban J connectivity index is 1.39. The zero-order valence-electron chi connectivity index (χ0n) is 18.4. The number of amides is 1. The molecule has 0 aromatic carbocycles. The average molecular weight is 427 g/mol. The van der Waals surface area contributed by atoms with Crippen LogP contribution >= 0.6 is 11.8 Å². The van der Waals surface area contributed by atoms with Crippen LogP contribution < -0.4 is 5.32 Å². The summed E-state index contributed by atoms with van der Waals surface area (Å²) in [5.41, 5.74) is 0.326. The molecule has 7 unspecified atom stereocenters. The molecule has 8 atom stereocenters. The van der Waals surface area contributed by atoms with E-state index in [0.29, 0.717) is 41.2 Å². The van der Waals surface area contributed by atoms with Crippen LogP contribution in [0.3, 0.4) is 0 Å². The topological polar surface area (TPSA) is 59.1 Å². The number of nitrogens with zero attached hydrogens (tertiary/aromatic N) is 1. The number of thioether (sulfide) groups is 1. The van der Waals surface area contributed by atoms with Crippen LogP contribution in [0.25, 0.3) is 0 Å². The normalized spacial score (nSPS) is 45.1. The maximum absolute atomic E-state index is 13.3. The first kappa shape index (κ1) is 20.5. The Bertz CT molecular complexity index is 845. The molecular formula is C25H34N2O2S. The molecule has 5 heteroatoms. The number of carbonyl (C=O) groups excluding carboxylic acids is 2. The van der Waals surface area contributed by atoms with Gasteiger partial charge in [-0.1, -0.05) is 26.8 Å².